The molecular weight excluding hydrogens is 238 g/mol. The Bertz CT molecular complexity index is 319. The summed E-state index contributed by atoms with van der Waals surface area (Å²) in [5, 5.41) is 0. The third kappa shape index (κ3) is 3.22. The third-order valence-corrected chi connectivity index (χ3v) is 4.87. The summed E-state index contributed by atoms with van der Waals surface area (Å²) in [5.41, 5.74) is 6.29. The quantitative estimate of drug-likeness (QED) is 0.832. The van der Waals surface area contributed by atoms with Crippen LogP contribution < -0.4 is 5.73 Å². The molecule has 1 aliphatic heterocycles. The van der Waals surface area contributed by atoms with Crippen molar-refractivity contribution < 1.29 is 4.74 Å². The highest BCUT2D eigenvalue weighted by molar-refractivity contribution is 5.81. The zero-order valence-electron chi connectivity index (χ0n) is 12.5. The van der Waals surface area contributed by atoms with Gasteiger partial charge >= 0.3 is 0 Å². The fourth-order valence-corrected chi connectivity index (χ4v) is 3.76. The van der Waals surface area contributed by atoms with Crippen LogP contribution in [-0.2, 0) is 4.74 Å². The molecule has 1 fully saturated rings. The summed E-state index contributed by atoms with van der Waals surface area (Å²) < 4.78 is 5.22. The van der Waals surface area contributed by atoms with E-state index < -0.39 is 0 Å². The van der Waals surface area contributed by atoms with E-state index in [9.17, 15) is 0 Å². The number of rotatable bonds is 5. The molecule has 0 saturated heterocycles. The molecule has 0 aromatic heterocycles. The van der Waals surface area contributed by atoms with E-state index in [2.05, 4.69) is 16.8 Å². The van der Waals surface area contributed by atoms with Crippen LogP contribution in [0.25, 0.3) is 0 Å². The van der Waals surface area contributed by atoms with Crippen LogP contribution in [0.2, 0.25) is 0 Å². The molecule has 1 aliphatic carbocycles. The van der Waals surface area contributed by atoms with Crippen molar-refractivity contribution >= 4 is 5.96 Å². The van der Waals surface area contributed by atoms with Crippen LogP contribution in [0.15, 0.2) is 4.99 Å². The van der Waals surface area contributed by atoms with E-state index in [1.54, 1.807) is 7.11 Å². The van der Waals surface area contributed by atoms with Crippen molar-refractivity contribution in [2.75, 3.05) is 26.8 Å². The number of nitrogens with zero attached hydrogens (tertiary/aromatic N) is 2. The molecule has 4 nitrogen and oxygen atoms in total. The average Bonchev–Trinajstić information content (AvgIpc) is 2.59. The maximum absolute atomic E-state index is 6.09. The van der Waals surface area contributed by atoms with Crippen LogP contribution in [-0.4, -0.2) is 43.2 Å². The van der Waals surface area contributed by atoms with E-state index in [1.165, 1.54) is 44.9 Å². The first kappa shape index (κ1) is 14.6. The highest BCUT2D eigenvalue weighted by Gasteiger charge is 2.42. The topological polar surface area (TPSA) is 50.8 Å². The summed E-state index contributed by atoms with van der Waals surface area (Å²) in [6.45, 7) is 4.80. The summed E-state index contributed by atoms with van der Waals surface area (Å²) in [6.07, 6.45) is 9.20. The molecule has 1 saturated carbocycles. The van der Waals surface area contributed by atoms with Crippen LogP contribution in [0.1, 0.15) is 51.9 Å². The second-order valence-corrected chi connectivity index (χ2v) is 6.13. The number of guanidine groups is 1. The van der Waals surface area contributed by atoms with Gasteiger partial charge in [0.2, 0.25) is 0 Å². The molecule has 0 amide bonds. The van der Waals surface area contributed by atoms with E-state index in [0.717, 1.165) is 31.6 Å². The standard InChI is InChI=1S/C15H29N3O/c1-3-5-13-6-4-8-15(9-7-13)12-17-14(16)18(15)10-11-19-2/h13H,3-12H2,1-2H3,(H2,16,17). The van der Waals surface area contributed by atoms with E-state index in [0.29, 0.717) is 0 Å². The molecule has 0 bridgehead atoms. The first-order valence-corrected chi connectivity index (χ1v) is 7.78. The largest absolute Gasteiger partial charge is 0.383 e. The van der Waals surface area contributed by atoms with Crippen molar-refractivity contribution in [1.29, 1.82) is 0 Å². The molecule has 2 aliphatic rings. The summed E-state index contributed by atoms with van der Waals surface area (Å²) >= 11 is 0. The van der Waals surface area contributed by atoms with E-state index in [-0.39, 0.29) is 5.54 Å². The zero-order valence-corrected chi connectivity index (χ0v) is 12.5. The zero-order chi connectivity index (χ0) is 13.7. The second kappa shape index (κ2) is 6.60. The van der Waals surface area contributed by atoms with Gasteiger partial charge in [-0.3, -0.25) is 4.99 Å². The van der Waals surface area contributed by atoms with Crippen LogP contribution in [0, 0.1) is 5.92 Å². The molecule has 0 aromatic carbocycles. The van der Waals surface area contributed by atoms with Crippen molar-refractivity contribution in [3.63, 3.8) is 0 Å². The SMILES string of the molecule is CCCC1CCCC2(CC1)CN=C(N)N2CCOC. The maximum atomic E-state index is 6.09. The minimum atomic E-state index is 0.200. The van der Waals surface area contributed by atoms with Crippen LogP contribution in [0.3, 0.4) is 0 Å². The van der Waals surface area contributed by atoms with Crippen LogP contribution in [0.4, 0.5) is 0 Å². The summed E-state index contributed by atoms with van der Waals surface area (Å²) in [4.78, 5) is 6.85. The highest BCUT2D eigenvalue weighted by atomic mass is 16.5. The molecule has 4 heteroatoms. The molecule has 0 radical (unpaired) electrons. The fraction of sp³-hybridized carbons (Fsp3) is 0.933. The number of hydrogen-bond donors (Lipinski definition) is 1. The van der Waals surface area contributed by atoms with Gasteiger partial charge in [0.05, 0.1) is 18.7 Å². The van der Waals surface area contributed by atoms with Crippen LogP contribution >= 0.6 is 0 Å². The van der Waals surface area contributed by atoms with E-state index >= 15 is 0 Å². The minimum Gasteiger partial charge on any atom is -0.383 e. The Hall–Kier alpha value is -0.770. The van der Waals surface area contributed by atoms with Crippen LogP contribution in [0.5, 0.6) is 0 Å². The Kier molecular flexibility index (Phi) is 5.08. The van der Waals surface area contributed by atoms with Gasteiger partial charge in [-0.25, -0.2) is 0 Å². The second-order valence-electron chi connectivity index (χ2n) is 6.13. The average molecular weight is 267 g/mol. The van der Waals surface area contributed by atoms with Gasteiger partial charge in [0.1, 0.15) is 0 Å². The lowest BCUT2D eigenvalue weighted by Gasteiger charge is -2.39. The van der Waals surface area contributed by atoms with Gasteiger partial charge in [-0.05, 0) is 25.2 Å². The van der Waals surface area contributed by atoms with Gasteiger partial charge < -0.3 is 15.4 Å². The van der Waals surface area contributed by atoms with Gasteiger partial charge in [-0.1, -0.05) is 32.6 Å². The number of aliphatic imine (C=N–C) groups is 1. The first-order valence-electron chi connectivity index (χ1n) is 7.78. The predicted octanol–water partition coefficient (Wildman–Crippen LogP) is 2.38. The number of methoxy groups -OCH3 is 1. The lowest BCUT2D eigenvalue weighted by atomic mass is 9.88. The van der Waals surface area contributed by atoms with Gasteiger partial charge in [0.15, 0.2) is 5.96 Å². The fourth-order valence-electron chi connectivity index (χ4n) is 3.76. The smallest absolute Gasteiger partial charge is 0.191 e. The third-order valence-electron chi connectivity index (χ3n) is 4.87. The molecule has 0 aromatic rings. The maximum Gasteiger partial charge on any atom is 0.191 e. The van der Waals surface area contributed by atoms with E-state index in [1.807, 2.05) is 0 Å². The molecule has 1 spiro atoms. The van der Waals surface area contributed by atoms with Gasteiger partial charge in [-0.15, -0.1) is 0 Å². The summed E-state index contributed by atoms with van der Waals surface area (Å²) in [5.74, 6) is 1.64. The van der Waals surface area contributed by atoms with Crippen molar-refractivity contribution in [3.8, 4) is 0 Å². The molecule has 110 valence electrons. The number of hydrogen-bond acceptors (Lipinski definition) is 4. The Morgan fingerprint density at radius 3 is 3.00 bits per heavy atom. The minimum absolute atomic E-state index is 0.200. The molecule has 2 atom stereocenters. The van der Waals surface area contributed by atoms with Gasteiger partial charge in [0, 0.05) is 13.7 Å². The Balaban J connectivity index is 2.01. The molecule has 2 rings (SSSR count). The lowest BCUT2D eigenvalue weighted by molar-refractivity contribution is 0.117. The molecule has 1 heterocycles. The Morgan fingerprint density at radius 1 is 1.42 bits per heavy atom. The molecule has 19 heavy (non-hydrogen) atoms. The summed E-state index contributed by atoms with van der Waals surface area (Å²) in [7, 11) is 1.75. The Labute approximate surface area is 117 Å². The van der Waals surface area contributed by atoms with Crippen molar-refractivity contribution in [2.24, 2.45) is 16.6 Å². The summed E-state index contributed by atoms with van der Waals surface area (Å²) in [6, 6.07) is 0. The number of nitrogens with two attached hydrogens (primary N) is 1. The Morgan fingerprint density at radius 2 is 2.26 bits per heavy atom. The predicted molar refractivity (Wildman–Crippen MR) is 79.3 cm³/mol. The van der Waals surface area contributed by atoms with Crippen molar-refractivity contribution in [1.82, 2.24) is 4.90 Å². The monoisotopic (exact) mass is 267 g/mol. The van der Waals surface area contributed by atoms with Gasteiger partial charge in [0.25, 0.3) is 0 Å². The van der Waals surface area contributed by atoms with E-state index in [4.69, 9.17) is 10.5 Å². The molecule has 2 unspecified atom stereocenters. The molecule has 2 N–H and O–H groups in total. The number of ether oxygens (including phenoxy) is 1. The molecular formula is C15H29N3O. The van der Waals surface area contributed by atoms with Crippen molar-refractivity contribution in [3.05, 3.63) is 0 Å². The normalized spacial score (nSPS) is 31.6. The van der Waals surface area contributed by atoms with Gasteiger partial charge in [-0.2, -0.15) is 0 Å². The lowest BCUT2D eigenvalue weighted by Crippen LogP contribution is -2.52. The highest BCUT2D eigenvalue weighted by Crippen LogP contribution is 2.38. The first-order chi connectivity index (χ1) is 9.22. The van der Waals surface area contributed by atoms with Crippen molar-refractivity contribution in [2.45, 2.75) is 57.4 Å².